The van der Waals surface area contributed by atoms with Gasteiger partial charge in [-0.3, -0.25) is 0 Å². The smallest absolute Gasteiger partial charge is 0.174 e. The van der Waals surface area contributed by atoms with Crippen LogP contribution in [0.15, 0.2) is 34.8 Å². The van der Waals surface area contributed by atoms with Crippen molar-refractivity contribution in [2.45, 2.75) is 13.5 Å². The van der Waals surface area contributed by atoms with E-state index in [0.29, 0.717) is 18.0 Å². The van der Waals surface area contributed by atoms with E-state index in [2.05, 4.69) is 21.2 Å². The molecule has 4 nitrogen and oxygen atoms in total. The number of nitrogens with one attached hydrogen (secondary N) is 1. The number of aryl methyl sites for hydroxylation is 1. The first kappa shape index (κ1) is 15.5. The van der Waals surface area contributed by atoms with Crippen LogP contribution in [0.25, 0.3) is 0 Å². The van der Waals surface area contributed by atoms with Crippen LogP contribution in [0.1, 0.15) is 11.1 Å². The van der Waals surface area contributed by atoms with Crippen LogP contribution in [0, 0.1) is 6.92 Å². The van der Waals surface area contributed by atoms with Crippen LogP contribution in [0.3, 0.4) is 0 Å². The number of anilines is 1. The molecular formula is C16H18BrNO3. The molecule has 0 atom stereocenters. The molecule has 0 radical (unpaired) electrons. The molecule has 112 valence electrons. The predicted molar refractivity (Wildman–Crippen MR) is 87.4 cm³/mol. The number of phenolic OH excluding ortho intramolecular Hbond substituents is 1. The van der Waals surface area contributed by atoms with Gasteiger partial charge in [-0.05, 0) is 64.3 Å². The van der Waals surface area contributed by atoms with Gasteiger partial charge in [0.05, 0.1) is 18.7 Å². The third-order valence-corrected chi connectivity index (χ3v) is 3.78. The molecule has 2 aromatic carbocycles. The third-order valence-electron chi connectivity index (χ3n) is 3.19. The topological polar surface area (TPSA) is 50.7 Å². The second-order valence-electron chi connectivity index (χ2n) is 4.67. The Labute approximate surface area is 132 Å². The third kappa shape index (κ3) is 3.61. The largest absolute Gasteiger partial charge is 0.508 e. The minimum atomic E-state index is 0.270. The number of rotatable bonds is 5. The molecule has 0 aromatic heterocycles. The van der Waals surface area contributed by atoms with Gasteiger partial charge in [-0.1, -0.05) is 0 Å². The first-order chi connectivity index (χ1) is 10.0. The van der Waals surface area contributed by atoms with Gasteiger partial charge in [0.25, 0.3) is 0 Å². The number of ether oxygens (including phenoxy) is 2. The molecular weight excluding hydrogens is 334 g/mol. The number of aromatic hydroxyl groups is 1. The van der Waals surface area contributed by atoms with Crippen LogP contribution in [0.5, 0.6) is 17.2 Å². The Bertz CT molecular complexity index is 644. The van der Waals surface area contributed by atoms with E-state index in [1.165, 1.54) is 0 Å². The van der Waals surface area contributed by atoms with Gasteiger partial charge in [-0.15, -0.1) is 0 Å². The first-order valence-electron chi connectivity index (χ1n) is 6.49. The highest BCUT2D eigenvalue weighted by Gasteiger charge is 2.10. The molecule has 0 fully saturated rings. The molecule has 0 spiro atoms. The fourth-order valence-electron chi connectivity index (χ4n) is 2.12. The van der Waals surface area contributed by atoms with Crippen molar-refractivity contribution in [1.82, 2.24) is 0 Å². The van der Waals surface area contributed by atoms with Crippen molar-refractivity contribution < 1.29 is 14.6 Å². The summed E-state index contributed by atoms with van der Waals surface area (Å²) in [7, 11) is 3.23. The van der Waals surface area contributed by atoms with Gasteiger partial charge in [-0.25, -0.2) is 0 Å². The lowest BCUT2D eigenvalue weighted by molar-refractivity contribution is 0.352. The molecule has 0 saturated heterocycles. The molecule has 0 heterocycles. The lowest BCUT2D eigenvalue weighted by atomic mass is 10.1. The summed E-state index contributed by atoms with van der Waals surface area (Å²) >= 11 is 3.48. The van der Waals surface area contributed by atoms with Crippen molar-refractivity contribution in [1.29, 1.82) is 0 Å². The monoisotopic (exact) mass is 351 g/mol. The van der Waals surface area contributed by atoms with E-state index >= 15 is 0 Å². The van der Waals surface area contributed by atoms with Crippen LogP contribution in [-0.2, 0) is 6.54 Å². The van der Waals surface area contributed by atoms with Gasteiger partial charge in [0, 0.05) is 12.2 Å². The van der Waals surface area contributed by atoms with Crippen molar-refractivity contribution in [3.63, 3.8) is 0 Å². The predicted octanol–water partition coefficient (Wildman–Crippen LogP) is 4.09. The quantitative estimate of drug-likeness (QED) is 0.796. The standard InChI is InChI=1S/C16H18BrNO3/c1-10-6-12(19)4-5-14(10)18-9-11-7-13(17)16(21-3)15(8-11)20-2/h4-8,18-19H,9H2,1-3H3. The zero-order valence-corrected chi connectivity index (χ0v) is 13.8. The number of methoxy groups -OCH3 is 2. The van der Waals surface area contributed by atoms with Crippen molar-refractivity contribution in [3.05, 3.63) is 45.9 Å². The molecule has 0 aliphatic rings. The van der Waals surface area contributed by atoms with E-state index in [0.717, 1.165) is 21.3 Å². The van der Waals surface area contributed by atoms with E-state index in [1.54, 1.807) is 26.4 Å². The lowest BCUT2D eigenvalue weighted by Crippen LogP contribution is -2.02. The molecule has 0 aliphatic heterocycles. The van der Waals surface area contributed by atoms with Crippen LogP contribution >= 0.6 is 15.9 Å². The van der Waals surface area contributed by atoms with Gasteiger partial charge in [0.2, 0.25) is 0 Å². The van der Waals surface area contributed by atoms with Gasteiger partial charge in [0.1, 0.15) is 5.75 Å². The van der Waals surface area contributed by atoms with Gasteiger partial charge in [0.15, 0.2) is 11.5 Å². The number of hydrogen-bond donors (Lipinski definition) is 2. The van der Waals surface area contributed by atoms with E-state index in [-0.39, 0.29) is 5.75 Å². The van der Waals surface area contributed by atoms with Gasteiger partial charge < -0.3 is 19.9 Å². The first-order valence-corrected chi connectivity index (χ1v) is 7.28. The van der Waals surface area contributed by atoms with Crippen LogP contribution in [0.4, 0.5) is 5.69 Å². The Morgan fingerprint density at radius 2 is 1.90 bits per heavy atom. The lowest BCUT2D eigenvalue weighted by Gasteiger charge is -2.14. The molecule has 0 unspecified atom stereocenters. The highest BCUT2D eigenvalue weighted by Crippen LogP contribution is 2.36. The molecule has 2 aromatic rings. The summed E-state index contributed by atoms with van der Waals surface area (Å²) in [5.41, 5.74) is 3.04. The minimum absolute atomic E-state index is 0.270. The van der Waals surface area contributed by atoms with Gasteiger partial charge in [-0.2, -0.15) is 0 Å². The molecule has 0 aliphatic carbocycles. The maximum Gasteiger partial charge on any atom is 0.174 e. The molecule has 21 heavy (non-hydrogen) atoms. The van der Waals surface area contributed by atoms with Crippen LogP contribution < -0.4 is 14.8 Å². The van der Waals surface area contributed by atoms with Crippen molar-refractivity contribution in [2.24, 2.45) is 0 Å². The average Bonchev–Trinajstić information content (AvgIpc) is 2.45. The second-order valence-corrected chi connectivity index (χ2v) is 5.52. The zero-order valence-electron chi connectivity index (χ0n) is 12.2. The molecule has 0 saturated carbocycles. The molecule has 0 bridgehead atoms. The number of halogens is 1. The van der Waals surface area contributed by atoms with Crippen LogP contribution in [0.2, 0.25) is 0 Å². The normalized spacial score (nSPS) is 10.3. The highest BCUT2D eigenvalue weighted by atomic mass is 79.9. The number of hydrogen-bond acceptors (Lipinski definition) is 4. The summed E-state index contributed by atoms with van der Waals surface area (Å²) in [4.78, 5) is 0. The molecule has 2 rings (SSSR count). The molecule has 2 N–H and O–H groups in total. The summed E-state index contributed by atoms with van der Waals surface area (Å²) in [5, 5.41) is 12.8. The Kier molecular flexibility index (Phi) is 4.96. The van der Waals surface area contributed by atoms with Crippen molar-refractivity contribution in [2.75, 3.05) is 19.5 Å². The summed E-state index contributed by atoms with van der Waals surface area (Å²) in [6.45, 7) is 2.59. The summed E-state index contributed by atoms with van der Waals surface area (Å²) < 4.78 is 11.5. The summed E-state index contributed by atoms with van der Waals surface area (Å²) in [6.07, 6.45) is 0. The Morgan fingerprint density at radius 3 is 2.52 bits per heavy atom. The number of benzene rings is 2. The summed E-state index contributed by atoms with van der Waals surface area (Å²) in [6, 6.07) is 9.18. The Balaban J connectivity index is 2.18. The molecule has 5 heteroatoms. The fraction of sp³-hybridized carbons (Fsp3) is 0.250. The Morgan fingerprint density at radius 1 is 1.14 bits per heavy atom. The zero-order chi connectivity index (χ0) is 15.4. The minimum Gasteiger partial charge on any atom is -0.508 e. The van der Waals surface area contributed by atoms with Crippen LogP contribution in [-0.4, -0.2) is 19.3 Å². The summed E-state index contributed by atoms with van der Waals surface area (Å²) in [5.74, 6) is 1.64. The van der Waals surface area contributed by atoms with E-state index in [1.807, 2.05) is 25.1 Å². The second kappa shape index (κ2) is 6.72. The maximum absolute atomic E-state index is 9.42. The Hall–Kier alpha value is -1.88. The van der Waals surface area contributed by atoms with E-state index in [9.17, 15) is 5.11 Å². The van der Waals surface area contributed by atoms with Crippen molar-refractivity contribution >= 4 is 21.6 Å². The van der Waals surface area contributed by atoms with Crippen molar-refractivity contribution in [3.8, 4) is 17.2 Å². The highest BCUT2D eigenvalue weighted by molar-refractivity contribution is 9.10. The number of phenols is 1. The average molecular weight is 352 g/mol. The van der Waals surface area contributed by atoms with E-state index < -0.39 is 0 Å². The molecule has 0 amide bonds. The SMILES string of the molecule is COc1cc(CNc2ccc(O)cc2C)cc(Br)c1OC. The van der Waals surface area contributed by atoms with E-state index in [4.69, 9.17) is 9.47 Å². The fourth-order valence-corrected chi connectivity index (χ4v) is 2.77. The maximum atomic E-state index is 9.42. The van der Waals surface area contributed by atoms with Gasteiger partial charge >= 0.3 is 0 Å².